The first-order valence-corrected chi connectivity index (χ1v) is 8.28. The lowest BCUT2D eigenvalue weighted by molar-refractivity contribution is -0.122. The molecule has 0 saturated carbocycles. The molecule has 0 aliphatic carbocycles. The summed E-state index contributed by atoms with van der Waals surface area (Å²) in [5.74, 6) is -0.476. The molecule has 2 rings (SSSR count). The third kappa shape index (κ3) is 4.69. The largest absolute Gasteiger partial charge is 0.350 e. The lowest BCUT2D eigenvalue weighted by Crippen LogP contribution is -2.45. The molecule has 0 aliphatic rings. The van der Waals surface area contributed by atoms with Crippen LogP contribution in [0.1, 0.15) is 29.9 Å². The fourth-order valence-corrected chi connectivity index (χ4v) is 2.67. The predicted molar refractivity (Wildman–Crippen MR) is 93.0 cm³/mol. The van der Waals surface area contributed by atoms with E-state index in [9.17, 15) is 9.59 Å². The van der Waals surface area contributed by atoms with Crippen molar-refractivity contribution in [2.75, 3.05) is 0 Å². The van der Waals surface area contributed by atoms with Crippen LogP contribution in [0.25, 0.3) is 0 Å². The van der Waals surface area contributed by atoms with Crippen LogP contribution in [0.3, 0.4) is 0 Å². The van der Waals surface area contributed by atoms with Crippen LogP contribution in [0.4, 0.5) is 0 Å². The molecule has 1 atom stereocenters. The van der Waals surface area contributed by atoms with Crippen molar-refractivity contribution in [3.8, 4) is 0 Å². The van der Waals surface area contributed by atoms with Crippen molar-refractivity contribution in [2.24, 2.45) is 0 Å². The maximum atomic E-state index is 12.3. The maximum Gasteiger partial charge on any atom is 0.268 e. The molecule has 5 nitrogen and oxygen atoms in total. The predicted octanol–water partition coefficient (Wildman–Crippen LogP) is 2.71. The molecule has 1 heterocycles. The van der Waals surface area contributed by atoms with Crippen LogP contribution in [0, 0.1) is 0 Å². The van der Waals surface area contributed by atoms with Gasteiger partial charge < -0.3 is 15.2 Å². The molecule has 1 aromatic carbocycles. The zero-order chi connectivity index (χ0) is 16.8. The highest BCUT2D eigenvalue weighted by molar-refractivity contribution is 9.10. The molecule has 2 N–H and O–H groups in total. The molecule has 23 heavy (non-hydrogen) atoms. The Kier molecular flexibility index (Phi) is 5.98. The Morgan fingerprint density at radius 2 is 1.96 bits per heavy atom. The zero-order valence-corrected chi connectivity index (χ0v) is 14.8. The number of hydrogen-bond acceptors (Lipinski definition) is 2. The van der Waals surface area contributed by atoms with E-state index in [1.165, 1.54) is 0 Å². The summed E-state index contributed by atoms with van der Waals surface area (Å²) in [5, 5.41) is 5.55. The molecule has 1 aromatic heterocycles. The third-order valence-corrected chi connectivity index (χ3v) is 3.92. The number of carbonyl (C=O) groups is 2. The highest BCUT2D eigenvalue weighted by Crippen LogP contribution is 2.15. The minimum Gasteiger partial charge on any atom is -0.350 e. The number of aromatic nitrogens is 1. The first-order valence-electron chi connectivity index (χ1n) is 7.49. The maximum absolute atomic E-state index is 12.3. The molecule has 0 radical (unpaired) electrons. The molecular formula is C17H20BrN3O2. The number of rotatable bonds is 6. The number of nitrogens with one attached hydrogen (secondary N) is 2. The molecule has 2 aromatic rings. The Morgan fingerprint density at radius 3 is 2.61 bits per heavy atom. The van der Waals surface area contributed by atoms with Gasteiger partial charge in [0.2, 0.25) is 5.91 Å². The lowest BCUT2D eigenvalue weighted by atomic mass is 10.2. The quantitative estimate of drug-likeness (QED) is 0.812. The van der Waals surface area contributed by atoms with E-state index in [0.717, 1.165) is 10.0 Å². The standard InChI is InChI=1S/C17H20BrN3O2/c1-3-21-11-14(18)9-15(21)17(23)20-12(2)16(22)19-10-13-7-5-4-6-8-13/h4-9,11-12H,3,10H2,1-2H3,(H,19,22)(H,20,23). The van der Waals surface area contributed by atoms with Crippen molar-refractivity contribution in [3.05, 3.63) is 58.3 Å². The van der Waals surface area contributed by atoms with Crippen molar-refractivity contribution in [2.45, 2.75) is 33.0 Å². The van der Waals surface area contributed by atoms with E-state index in [0.29, 0.717) is 18.8 Å². The van der Waals surface area contributed by atoms with Gasteiger partial charge in [-0.3, -0.25) is 9.59 Å². The molecule has 0 bridgehead atoms. The molecule has 0 saturated heterocycles. The van der Waals surface area contributed by atoms with Gasteiger partial charge in [0.25, 0.3) is 5.91 Å². The molecule has 122 valence electrons. The zero-order valence-electron chi connectivity index (χ0n) is 13.2. The average molecular weight is 378 g/mol. The van der Waals surface area contributed by atoms with Gasteiger partial charge in [0, 0.05) is 23.8 Å². The Hall–Kier alpha value is -2.08. The second-order valence-corrected chi connectivity index (χ2v) is 6.14. The van der Waals surface area contributed by atoms with E-state index in [1.807, 2.05) is 48.0 Å². The summed E-state index contributed by atoms with van der Waals surface area (Å²) in [7, 11) is 0. The summed E-state index contributed by atoms with van der Waals surface area (Å²) < 4.78 is 2.67. The first-order chi connectivity index (χ1) is 11.0. The van der Waals surface area contributed by atoms with Crippen LogP contribution in [-0.2, 0) is 17.9 Å². The smallest absolute Gasteiger partial charge is 0.268 e. The monoisotopic (exact) mass is 377 g/mol. The van der Waals surface area contributed by atoms with Gasteiger partial charge >= 0.3 is 0 Å². The fourth-order valence-electron chi connectivity index (χ4n) is 2.20. The van der Waals surface area contributed by atoms with E-state index < -0.39 is 6.04 Å². The summed E-state index contributed by atoms with van der Waals surface area (Å²) in [6, 6.07) is 10.8. The number of hydrogen-bond donors (Lipinski definition) is 2. The number of carbonyl (C=O) groups excluding carboxylic acids is 2. The van der Waals surface area contributed by atoms with Gasteiger partial charge in [-0.15, -0.1) is 0 Å². The average Bonchev–Trinajstić information content (AvgIpc) is 2.94. The van der Waals surface area contributed by atoms with Crippen LogP contribution in [0.5, 0.6) is 0 Å². The van der Waals surface area contributed by atoms with Crippen LogP contribution in [-0.4, -0.2) is 22.4 Å². The van der Waals surface area contributed by atoms with Crippen LogP contribution >= 0.6 is 15.9 Å². The Bertz CT molecular complexity index is 682. The number of nitrogens with zero attached hydrogens (tertiary/aromatic N) is 1. The van der Waals surface area contributed by atoms with Crippen molar-refractivity contribution in [1.29, 1.82) is 0 Å². The van der Waals surface area contributed by atoms with Crippen LogP contribution in [0.2, 0.25) is 0 Å². The molecular weight excluding hydrogens is 358 g/mol. The Balaban J connectivity index is 1.91. The molecule has 2 amide bonds. The van der Waals surface area contributed by atoms with Gasteiger partial charge in [-0.2, -0.15) is 0 Å². The van der Waals surface area contributed by atoms with Gasteiger partial charge in [-0.25, -0.2) is 0 Å². The first kappa shape index (κ1) is 17.3. The van der Waals surface area contributed by atoms with E-state index in [4.69, 9.17) is 0 Å². The van der Waals surface area contributed by atoms with Crippen molar-refractivity contribution in [3.63, 3.8) is 0 Å². The summed E-state index contributed by atoms with van der Waals surface area (Å²) in [6.07, 6.45) is 1.84. The van der Waals surface area contributed by atoms with Gasteiger partial charge in [0.15, 0.2) is 0 Å². The second-order valence-electron chi connectivity index (χ2n) is 5.23. The molecule has 6 heteroatoms. The minimum atomic E-state index is -0.606. The van der Waals surface area contributed by atoms with Crippen LogP contribution < -0.4 is 10.6 Å². The molecule has 1 unspecified atom stereocenters. The number of benzene rings is 1. The van der Waals surface area contributed by atoms with Gasteiger partial charge in [0.05, 0.1) is 0 Å². The van der Waals surface area contributed by atoms with Gasteiger partial charge in [-0.05, 0) is 41.4 Å². The van der Waals surface area contributed by atoms with E-state index in [-0.39, 0.29) is 11.8 Å². The summed E-state index contributed by atoms with van der Waals surface area (Å²) in [5.41, 5.74) is 1.55. The topological polar surface area (TPSA) is 63.1 Å². The normalized spacial score (nSPS) is 11.8. The number of amides is 2. The fraction of sp³-hybridized carbons (Fsp3) is 0.294. The third-order valence-electron chi connectivity index (χ3n) is 3.49. The summed E-state index contributed by atoms with van der Waals surface area (Å²) in [6.45, 7) is 4.76. The highest BCUT2D eigenvalue weighted by Gasteiger charge is 2.19. The van der Waals surface area contributed by atoms with Gasteiger partial charge in [0.1, 0.15) is 11.7 Å². The van der Waals surface area contributed by atoms with Crippen LogP contribution in [0.15, 0.2) is 47.1 Å². The Labute approximate surface area is 144 Å². The number of halogens is 1. The minimum absolute atomic E-state index is 0.212. The molecule has 0 aliphatic heterocycles. The second kappa shape index (κ2) is 7.97. The number of aryl methyl sites for hydroxylation is 1. The van der Waals surface area contributed by atoms with Gasteiger partial charge in [-0.1, -0.05) is 30.3 Å². The molecule has 0 fully saturated rings. The summed E-state index contributed by atoms with van der Waals surface area (Å²) in [4.78, 5) is 24.4. The Morgan fingerprint density at radius 1 is 1.26 bits per heavy atom. The van der Waals surface area contributed by atoms with E-state index in [1.54, 1.807) is 13.0 Å². The highest BCUT2D eigenvalue weighted by atomic mass is 79.9. The van der Waals surface area contributed by atoms with E-state index >= 15 is 0 Å². The summed E-state index contributed by atoms with van der Waals surface area (Å²) >= 11 is 3.36. The van der Waals surface area contributed by atoms with Crippen molar-refractivity contribution < 1.29 is 9.59 Å². The van der Waals surface area contributed by atoms with Crippen molar-refractivity contribution in [1.82, 2.24) is 15.2 Å². The SMILES string of the molecule is CCn1cc(Br)cc1C(=O)NC(C)C(=O)NCc1ccccc1. The van der Waals surface area contributed by atoms with E-state index in [2.05, 4.69) is 26.6 Å². The lowest BCUT2D eigenvalue weighted by Gasteiger charge is -2.15. The molecule has 0 spiro atoms. The van der Waals surface area contributed by atoms with Crippen molar-refractivity contribution >= 4 is 27.7 Å².